The number of quaternary nitrogens is 1. The van der Waals surface area contributed by atoms with Crippen molar-refractivity contribution >= 4 is 11.0 Å². The number of ether oxygens (including phenoxy) is 4. The largest absolute Gasteiger partial charge is 0.492 e. The Labute approximate surface area is 185 Å². The van der Waals surface area contributed by atoms with E-state index in [9.17, 15) is 4.79 Å². The van der Waals surface area contributed by atoms with Crippen LogP contribution in [0.15, 0.2) is 45.6 Å². The number of benzene rings is 2. The van der Waals surface area contributed by atoms with Gasteiger partial charge in [-0.2, -0.15) is 0 Å². The van der Waals surface area contributed by atoms with Crippen LogP contribution in [-0.2, 0) is 6.42 Å². The van der Waals surface area contributed by atoms with Crippen molar-refractivity contribution in [2.75, 3.05) is 41.1 Å². The first-order valence-electron chi connectivity index (χ1n) is 10.4. The highest BCUT2D eigenvalue weighted by Crippen LogP contribution is 2.50. The molecule has 164 valence electrons. The zero-order valence-electron chi connectivity index (χ0n) is 18.3. The Hall–Kier alpha value is -3.63. The van der Waals surface area contributed by atoms with Gasteiger partial charge in [0.1, 0.15) is 17.9 Å². The van der Waals surface area contributed by atoms with Crippen molar-refractivity contribution in [2.45, 2.75) is 12.5 Å². The third-order valence-electron chi connectivity index (χ3n) is 6.02. The fraction of sp³-hybridized carbons (Fsp3) is 0.320. The first-order chi connectivity index (χ1) is 15.5. The van der Waals surface area contributed by atoms with Crippen molar-refractivity contribution in [3.63, 3.8) is 0 Å². The van der Waals surface area contributed by atoms with E-state index < -0.39 is 0 Å². The molecular weight excluding hydrogens is 410 g/mol. The number of rotatable bonds is 3. The minimum absolute atomic E-state index is 0.0959. The predicted octanol–water partition coefficient (Wildman–Crippen LogP) is 3.29. The van der Waals surface area contributed by atoms with E-state index in [-0.39, 0.29) is 25.1 Å². The Balaban J connectivity index is 1.42. The van der Waals surface area contributed by atoms with Crippen LogP contribution in [0.25, 0.3) is 11.0 Å². The first-order valence-corrected chi connectivity index (χ1v) is 10.4. The van der Waals surface area contributed by atoms with Gasteiger partial charge < -0.3 is 27.8 Å². The van der Waals surface area contributed by atoms with Gasteiger partial charge in [-0.1, -0.05) is 5.92 Å². The minimum Gasteiger partial charge on any atom is -0.492 e. The Morgan fingerprint density at radius 1 is 1.16 bits per heavy atom. The van der Waals surface area contributed by atoms with Gasteiger partial charge in [-0.15, -0.1) is 0 Å². The summed E-state index contributed by atoms with van der Waals surface area (Å²) in [4.78, 5) is 11.5. The highest BCUT2D eigenvalue weighted by Gasteiger charge is 2.40. The van der Waals surface area contributed by atoms with Crippen molar-refractivity contribution in [1.29, 1.82) is 0 Å². The van der Waals surface area contributed by atoms with Gasteiger partial charge in [-0.3, -0.25) is 0 Å². The van der Waals surface area contributed by atoms with Gasteiger partial charge in [0.05, 0.1) is 33.3 Å². The van der Waals surface area contributed by atoms with E-state index in [1.807, 2.05) is 18.2 Å². The van der Waals surface area contributed by atoms with Crippen LogP contribution in [0.3, 0.4) is 0 Å². The zero-order valence-corrected chi connectivity index (χ0v) is 18.3. The Bertz CT molecular complexity index is 1310. The van der Waals surface area contributed by atoms with Crippen molar-refractivity contribution in [2.24, 2.45) is 0 Å². The van der Waals surface area contributed by atoms with Gasteiger partial charge in [0.2, 0.25) is 12.5 Å². The van der Waals surface area contributed by atoms with E-state index >= 15 is 0 Å². The number of nitrogens with zero attached hydrogens (tertiary/aromatic N) is 1. The number of methoxy groups -OCH3 is 1. The molecule has 3 aromatic rings. The fourth-order valence-electron chi connectivity index (χ4n) is 4.31. The van der Waals surface area contributed by atoms with Crippen molar-refractivity contribution < 1.29 is 27.8 Å². The molecule has 7 nitrogen and oxygen atoms in total. The van der Waals surface area contributed by atoms with Crippen LogP contribution >= 0.6 is 0 Å². The molecule has 2 aliphatic heterocycles. The molecule has 0 bridgehead atoms. The molecule has 0 aliphatic carbocycles. The van der Waals surface area contributed by atoms with E-state index in [2.05, 4.69) is 25.9 Å². The van der Waals surface area contributed by atoms with E-state index in [4.69, 9.17) is 23.4 Å². The molecule has 0 radical (unpaired) electrons. The summed E-state index contributed by atoms with van der Waals surface area (Å²) in [6, 6.07) is 10.5. The Kier molecular flexibility index (Phi) is 4.95. The molecule has 0 amide bonds. The van der Waals surface area contributed by atoms with E-state index in [1.165, 1.54) is 11.6 Å². The van der Waals surface area contributed by atoms with Gasteiger partial charge in [0.25, 0.3) is 0 Å². The number of hydrogen-bond acceptors (Lipinski definition) is 6. The van der Waals surface area contributed by atoms with Crippen LogP contribution in [0.2, 0.25) is 0 Å². The molecule has 3 heterocycles. The molecular formula is C25H24NO6+. The Morgan fingerprint density at radius 2 is 2.00 bits per heavy atom. The van der Waals surface area contributed by atoms with Crippen LogP contribution in [0.4, 0.5) is 0 Å². The summed E-state index contributed by atoms with van der Waals surface area (Å²) in [7, 11) is 5.98. The second-order valence-electron chi connectivity index (χ2n) is 8.44. The molecule has 0 unspecified atom stereocenters. The average Bonchev–Trinajstić information content (AvgIpc) is 3.24. The summed E-state index contributed by atoms with van der Waals surface area (Å²) in [6.45, 7) is 1.35. The summed E-state index contributed by atoms with van der Waals surface area (Å²) < 4.78 is 28.8. The highest BCUT2D eigenvalue weighted by atomic mass is 16.7. The second kappa shape index (κ2) is 7.81. The first kappa shape index (κ1) is 20.3. The number of hydrogen-bond donors (Lipinski definition) is 0. The normalized spacial score (nSPS) is 17.9. The minimum atomic E-state index is -0.389. The van der Waals surface area contributed by atoms with E-state index in [1.54, 1.807) is 19.2 Å². The van der Waals surface area contributed by atoms with Crippen LogP contribution in [0.1, 0.15) is 17.2 Å². The molecule has 0 spiro atoms. The van der Waals surface area contributed by atoms with Crippen molar-refractivity contribution in [1.82, 2.24) is 0 Å². The summed E-state index contributed by atoms with van der Waals surface area (Å²) in [5.74, 6) is 9.24. The summed E-state index contributed by atoms with van der Waals surface area (Å²) in [5, 5.41) is 0.840. The third-order valence-corrected chi connectivity index (χ3v) is 6.02. The van der Waals surface area contributed by atoms with Crippen LogP contribution in [0.5, 0.6) is 23.0 Å². The SMILES string of the molecule is COc1c2c(cc3c1[C@H](C#CCOc1ccc4ccc(=O)oc4c1)[N+](C)(C)CC3)OCO2. The summed E-state index contributed by atoms with van der Waals surface area (Å²) in [6.07, 6.45) is 0.909. The van der Waals surface area contributed by atoms with E-state index in [0.29, 0.717) is 27.3 Å². The molecule has 0 N–H and O–H groups in total. The zero-order chi connectivity index (χ0) is 22.3. The van der Waals surface area contributed by atoms with Crippen molar-refractivity contribution in [3.05, 3.63) is 57.9 Å². The number of fused-ring (bicyclic) bond motifs is 3. The van der Waals surface area contributed by atoms with E-state index in [0.717, 1.165) is 29.7 Å². The molecule has 0 saturated carbocycles. The summed E-state index contributed by atoms with van der Waals surface area (Å²) >= 11 is 0. The number of likely N-dealkylation sites (N-methyl/N-ethyl adjacent to an activating group) is 1. The molecule has 0 saturated heterocycles. The van der Waals surface area contributed by atoms with Crippen molar-refractivity contribution in [3.8, 4) is 34.8 Å². The van der Waals surface area contributed by atoms with Crippen LogP contribution in [0, 0.1) is 11.8 Å². The average molecular weight is 434 g/mol. The van der Waals surface area contributed by atoms with Gasteiger partial charge in [0.15, 0.2) is 17.5 Å². The van der Waals surface area contributed by atoms with Gasteiger partial charge >= 0.3 is 5.63 Å². The lowest BCUT2D eigenvalue weighted by atomic mass is 9.89. The maximum absolute atomic E-state index is 11.5. The maximum atomic E-state index is 11.5. The standard InChI is InChI=1S/C25H24NO6/c1-26(2)11-10-17-13-21-24(31-15-30-21)25(28-3)23(17)19(26)5-4-12-29-18-8-6-16-7-9-22(27)32-20(16)14-18/h6-9,13-14,19H,10-12,15H2,1-3H3/q+1/t19-/m0/s1. The molecule has 1 atom stereocenters. The predicted molar refractivity (Wildman–Crippen MR) is 118 cm³/mol. The van der Waals surface area contributed by atoms with Crippen LogP contribution in [-0.4, -0.2) is 45.6 Å². The van der Waals surface area contributed by atoms with Crippen LogP contribution < -0.4 is 24.6 Å². The summed E-state index contributed by atoms with van der Waals surface area (Å²) in [5.41, 5.74) is 2.32. The second-order valence-corrected chi connectivity index (χ2v) is 8.44. The highest BCUT2D eigenvalue weighted by molar-refractivity contribution is 5.77. The molecule has 32 heavy (non-hydrogen) atoms. The lowest BCUT2D eigenvalue weighted by Gasteiger charge is -2.40. The molecule has 7 heteroatoms. The maximum Gasteiger partial charge on any atom is 0.336 e. The smallest absolute Gasteiger partial charge is 0.336 e. The quantitative estimate of drug-likeness (QED) is 0.358. The lowest BCUT2D eigenvalue weighted by molar-refractivity contribution is -0.914. The molecule has 5 rings (SSSR count). The molecule has 0 fully saturated rings. The topological polar surface area (TPSA) is 67.1 Å². The van der Waals surface area contributed by atoms with Gasteiger partial charge in [-0.05, 0) is 35.7 Å². The molecule has 2 aromatic carbocycles. The van der Waals surface area contributed by atoms with Gasteiger partial charge in [-0.25, -0.2) is 4.79 Å². The fourth-order valence-corrected chi connectivity index (χ4v) is 4.31. The Morgan fingerprint density at radius 3 is 2.84 bits per heavy atom. The lowest BCUT2D eigenvalue weighted by Crippen LogP contribution is -2.47. The molecule has 1 aromatic heterocycles. The third kappa shape index (κ3) is 3.53. The molecule has 2 aliphatic rings. The monoisotopic (exact) mass is 434 g/mol. The van der Waals surface area contributed by atoms with Gasteiger partial charge in [0, 0.05) is 23.9 Å².